The van der Waals surface area contributed by atoms with Crippen LogP contribution in [0.1, 0.15) is 12.0 Å². The molecule has 1 aromatic heterocycles. The summed E-state index contributed by atoms with van der Waals surface area (Å²) in [5, 5.41) is 11.9. The largest absolute Gasteiger partial charge is 0.329 e. The number of thioether (sulfide) groups is 1. The smallest absolute Gasteiger partial charge is 0.324 e. The molecule has 0 bridgehead atoms. The first-order chi connectivity index (χ1) is 14.6. The Hall–Kier alpha value is -3.20. The van der Waals surface area contributed by atoms with Crippen LogP contribution in [-0.4, -0.2) is 50.4 Å². The monoisotopic (exact) mass is 425 g/mol. The van der Waals surface area contributed by atoms with E-state index in [-0.39, 0.29) is 24.3 Å². The molecule has 0 spiro atoms. The van der Waals surface area contributed by atoms with E-state index >= 15 is 0 Å². The normalized spacial score (nSPS) is 13.7. The second kappa shape index (κ2) is 9.08. The van der Waals surface area contributed by atoms with Crippen LogP contribution in [0, 0.1) is 5.82 Å². The SMILES string of the molecule is O=C1CNC(=O)N1CCCSc1nnc(-c2ccc(F)cc2)n1Cc1ccccc1. The van der Waals surface area contributed by atoms with Crippen molar-refractivity contribution in [2.24, 2.45) is 0 Å². The predicted molar refractivity (Wildman–Crippen MR) is 111 cm³/mol. The van der Waals surface area contributed by atoms with Crippen molar-refractivity contribution in [3.05, 3.63) is 66.0 Å². The summed E-state index contributed by atoms with van der Waals surface area (Å²) >= 11 is 1.52. The molecule has 154 valence electrons. The van der Waals surface area contributed by atoms with E-state index in [9.17, 15) is 14.0 Å². The van der Waals surface area contributed by atoms with Gasteiger partial charge in [0.1, 0.15) is 5.82 Å². The van der Waals surface area contributed by atoms with Gasteiger partial charge >= 0.3 is 6.03 Å². The van der Waals surface area contributed by atoms with Gasteiger partial charge in [-0.15, -0.1) is 10.2 Å². The minimum Gasteiger partial charge on any atom is -0.329 e. The number of carbonyl (C=O) groups excluding carboxylic acids is 2. The number of benzene rings is 2. The second-order valence-corrected chi connectivity index (χ2v) is 7.85. The number of aromatic nitrogens is 3. The standard InChI is InChI=1S/C21H20FN5O2S/c22-17-9-7-16(8-10-17)19-24-25-21(27(19)14-15-5-2-1-3-6-15)30-12-4-11-26-18(28)13-23-20(26)29/h1-3,5-10H,4,11-14H2,(H,23,29). The quantitative estimate of drug-likeness (QED) is 0.341. The van der Waals surface area contributed by atoms with E-state index in [1.54, 1.807) is 12.1 Å². The van der Waals surface area contributed by atoms with Crippen molar-refractivity contribution in [3.63, 3.8) is 0 Å². The molecule has 0 radical (unpaired) electrons. The maximum absolute atomic E-state index is 13.3. The maximum Gasteiger partial charge on any atom is 0.324 e. The number of halogens is 1. The van der Waals surface area contributed by atoms with Gasteiger partial charge < -0.3 is 5.32 Å². The number of amides is 3. The van der Waals surface area contributed by atoms with Gasteiger partial charge in [-0.1, -0.05) is 42.1 Å². The minimum absolute atomic E-state index is 0.0679. The first-order valence-electron chi connectivity index (χ1n) is 9.56. The van der Waals surface area contributed by atoms with Gasteiger partial charge in [-0.05, 0) is 36.2 Å². The van der Waals surface area contributed by atoms with Crippen LogP contribution in [-0.2, 0) is 11.3 Å². The Morgan fingerprint density at radius 2 is 1.80 bits per heavy atom. The fraction of sp³-hybridized carbons (Fsp3) is 0.238. The zero-order chi connectivity index (χ0) is 20.9. The number of nitrogens with one attached hydrogen (secondary N) is 1. The van der Waals surface area contributed by atoms with Crippen LogP contribution in [0.2, 0.25) is 0 Å². The molecular formula is C21H20FN5O2S. The summed E-state index contributed by atoms with van der Waals surface area (Å²) in [5.74, 6) is 0.835. The Morgan fingerprint density at radius 1 is 1.03 bits per heavy atom. The Morgan fingerprint density at radius 3 is 2.50 bits per heavy atom. The molecule has 7 nitrogen and oxygen atoms in total. The number of imide groups is 1. The van der Waals surface area contributed by atoms with E-state index in [1.807, 2.05) is 34.9 Å². The second-order valence-electron chi connectivity index (χ2n) is 6.79. The lowest BCUT2D eigenvalue weighted by Crippen LogP contribution is -2.32. The van der Waals surface area contributed by atoms with Gasteiger partial charge in [0.15, 0.2) is 11.0 Å². The highest BCUT2D eigenvalue weighted by atomic mass is 32.2. The highest BCUT2D eigenvalue weighted by Gasteiger charge is 2.27. The Kier molecular flexibility index (Phi) is 6.08. The summed E-state index contributed by atoms with van der Waals surface area (Å²) in [6.07, 6.45) is 0.647. The van der Waals surface area contributed by atoms with Crippen LogP contribution in [0.5, 0.6) is 0 Å². The molecule has 3 aromatic rings. The van der Waals surface area contributed by atoms with Crippen molar-refractivity contribution in [1.82, 2.24) is 25.0 Å². The molecule has 2 aromatic carbocycles. The summed E-state index contributed by atoms with van der Waals surface area (Å²) in [7, 11) is 0. The molecule has 1 saturated heterocycles. The maximum atomic E-state index is 13.3. The van der Waals surface area contributed by atoms with Crippen molar-refractivity contribution >= 4 is 23.7 Å². The van der Waals surface area contributed by atoms with Gasteiger partial charge in [0.05, 0.1) is 13.1 Å². The number of nitrogens with zero attached hydrogens (tertiary/aromatic N) is 4. The van der Waals surface area contributed by atoms with Gasteiger partial charge in [0.2, 0.25) is 5.91 Å². The molecule has 9 heteroatoms. The minimum atomic E-state index is -0.337. The van der Waals surface area contributed by atoms with E-state index in [1.165, 1.54) is 28.8 Å². The molecule has 4 rings (SSSR count). The van der Waals surface area contributed by atoms with E-state index in [0.29, 0.717) is 31.1 Å². The van der Waals surface area contributed by atoms with Gasteiger partial charge in [0, 0.05) is 17.9 Å². The average molecular weight is 425 g/mol. The fourth-order valence-electron chi connectivity index (χ4n) is 3.18. The molecule has 0 aliphatic carbocycles. The number of hydrogen-bond donors (Lipinski definition) is 1. The molecule has 0 unspecified atom stereocenters. The first-order valence-corrected chi connectivity index (χ1v) is 10.5. The highest BCUT2D eigenvalue weighted by Crippen LogP contribution is 2.26. The van der Waals surface area contributed by atoms with Crippen molar-refractivity contribution in [2.45, 2.75) is 18.1 Å². The zero-order valence-electron chi connectivity index (χ0n) is 16.1. The summed E-state index contributed by atoms with van der Waals surface area (Å²) < 4.78 is 15.3. The summed E-state index contributed by atoms with van der Waals surface area (Å²) in [4.78, 5) is 24.5. The summed E-state index contributed by atoms with van der Waals surface area (Å²) in [6, 6.07) is 15.8. The topological polar surface area (TPSA) is 80.1 Å². The van der Waals surface area contributed by atoms with Crippen molar-refractivity contribution in [3.8, 4) is 11.4 Å². The Balaban J connectivity index is 1.49. The molecule has 1 fully saturated rings. The highest BCUT2D eigenvalue weighted by molar-refractivity contribution is 7.99. The van der Waals surface area contributed by atoms with Crippen LogP contribution in [0.25, 0.3) is 11.4 Å². The summed E-state index contributed by atoms with van der Waals surface area (Å²) in [6.45, 7) is 1.02. The first kappa shape index (κ1) is 20.1. The van der Waals surface area contributed by atoms with Crippen LogP contribution in [0.3, 0.4) is 0 Å². The van der Waals surface area contributed by atoms with E-state index in [0.717, 1.165) is 16.3 Å². The number of urea groups is 1. The molecule has 2 heterocycles. The number of hydrogen-bond acceptors (Lipinski definition) is 5. The molecule has 30 heavy (non-hydrogen) atoms. The van der Waals surface area contributed by atoms with Gasteiger partial charge in [0.25, 0.3) is 0 Å². The molecule has 3 amide bonds. The van der Waals surface area contributed by atoms with Crippen LogP contribution in [0.15, 0.2) is 59.8 Å². The van der Waals surface area contributed by atoms with Crippen LogP contribution >= 0.6 is 11.8 Å². The predicted octanol–water partition coefficient (Wildman–Crippen LogP) is 3.17. The molecule has 0 saturated carbocycles. The lowest BCUT2D eigenvalue weighted by Gasteiger charge is -2.12. The lowest BCUT2D eigenvalue weighted by molar-refractivity contribution is -0.124. The third-order valence-corrected chi connectivity index (χ3v) is 5.75. The van der Waals surface area contributed by atoms with Crippen molar-refractivity contribution in [2.75, 3.05) is 18.8 Å². The van der Waals surface area contributed by atoms with E-state index < -0.39 is 0 Å². The zero-order valence-corrected chi connectivity index (χ0v) is 16.9. The molecule has 1 N–H and O–H groups in total. The fourth-order valence-corrected chi connectivity index (χ4v) is 4.05. The van der Waals surface area contributed by atoms with E-state index in [2.05, 4.69) is 15.5 Å². The Bertz CT molecular complexity index is 1020. The van der Waals surface area contributed by atoms with E-state index in [4.69, 9.17) is 0 Å². The molecular weight excluding hydrogens is 405 g/mol. The lowest BCUT2D eigenvalue weighted by atomic mass is 10.2. The number of carbonyl (C=O) groups is 2. The van der Waals surface area contributed by atoms with Crippen molar-refractivity contribution in [1.29, 1.82) is 0 Å². The Labute approximate surface area is 177 Å². The third-order valence-electron chi connectivity index (χ3n) is 4.70. The number of rotatable bonds is 8. The van der Waals surface area contributed by atoms with Crippen molar-refractivity contribution < 1.29 is 14.0 Å². The summed E-state index contributed by atoms with van der Waals surface area (Å²) in [5.41, 5.74) is 1.88. The van der Waals surface area contributed by atoms with Crippen LogP contribution < -0.4 is 5.32 Å². The van der Waals surface area contributed by atoms with Gasteiger partial charge in [-0.25, -0.2) is 9.18 Å². The third kappa shape index (κ3) is 4.51. The average Bonchev–Trinajstić information content (AvgIpc) is 3.30. The molecule has 1 aliphatic rings. The molecule has 1 aliphatic heterocycles. The van der Waals surface area contributed by atoms with Gasteiger partial charge in [-0.3, -0.25) is 14.3 Å². The van der Waals surface area contributed by atoms with Crippen LogP contribution in [0.4, 0.5) is 9.18 Å². The molecule has 0 atom stereocenters. The van der Waals surface area contributed by atoms with Gasteiger partial charge in [-0.2, -0.15) is 0 Å².